The van der Waals surface area contributed by atoms with Crippen LogP contribution in [0.3, 0.4) is 0 Å². The number of amides is 1. The quantitative estimate of drug-likeness (QED) is 0.729. The van der Waals surface area contributed by atoms with Crippen LogP contribution < -0.4 is 10.6 Å². The fraction of sp³-hybridized carbons (Fsp3) is 0.250. The number of benzene rings is 1. The Morgan fingerprint density at radius 1 is 1.23 bits per heavy atom. The lowest BCUT2D eigenvalue weighted by Crippen LogP contribution is -2.41. The summed E-state index contributed by atoms with van der Waals surface area (Å²) < 4.78 is 5.16. The third kappa shape index (κ3) is 4.75. The molecule has 0 radical (unpaired) electrons. The second-order valence-corrected chi connectivity index (χ2v) is 4.97. The third-order valence-corrected chi connectivity index (χ3v) is 3.12. The molecule has 1 unspecified atom stereocenters. The summed E-state index contributed by atoms with van der Waals surface area (Å²) in [4.78, 5) is 23.2. The molecule has 6 nitrogen and oxygen atoms in total. The van der Waals surface area contributed by atoms with Crippen LogP contribution in [0.1, 0.15) is 17.7 Å². The number of rotatable bonds is 7. The number of carboxylic acids is 1. The van der Waals surface area contributed by atoms with Gasteiger partial charge >= 0.3 is 5.97 Å². The fourth-order valence-electron chi connectivity index (χ4n) is 1.94. The number of carboxylic acid groups (broad SMARTS) is 1. The summed E-state index contributed by atoms with van der Waals surface area (Å²) in [6.07, 6.45) is 1.22. The molecule has 0 aliphatic heterocycles. The maximum absolute atomic E-state index is 12.2. The van der Waals surface area contributed by atoms with Gasteiger partial charge in [0.05, 0.1) is 25.3 Å². The Kier molecular flexibility index (Phi) is 5.32. The van der Waals surface area contributed by atoms with E-state index in [0.717, 1.165) is 5.56 Å². The van der Waals surface area contributed by atoms with E-state index in [9.17, 15) is 9.59 Å². The molecule has 2 aromatic rings. The van der Waals surface area contributed by atoms with E-state index in [2.05, 4.69) is 10.6 Å². The van der Waals surface area contributed by atoms with E-state index >= 15 is 0 Å². The van der Waals surface area contributed by atoms with Crippen molar-refractivity contribution in [3.05, 3.63) is 54.0 Å². The Bertz CT molecular complexity index is 620. The van der Waals surface area contributed by atoms with Gasteiger partial charge in [-0.1, -0.05) is 17.7 Å². The molecule has 22 heavy (non-hydrogen) atoms. The van der Waals surface area contributed by atoms with Crippen molar-refractivity contribution in [2.45, 2.75) is 25.9 Å². The minimum absolute atomic E-state index is 0.284. The van der Waals surface area contributed by atoms with E-state index in [1.54, 1.807) is 24.3 Å². The van der Waals surface area contributed by atoms with Crippen LogP contribution >= 0.6 is 0 Å². The zero-order chi connectivity index (χ0) is 15.9. The lowest BCUT2D eigenvalue weighted by Gasteiger charge is -2.16. The maximum Gasteiger partial charge on any atom is 0.305 e. The maximum atomic E-state index is 12.2. The van der Waals surface area contributed by atoms with E-state index < -0.39 is 17.9 Å². The monoisotopic (exact) mass is 302 g/mol. The number of aliphatic carboxylic acids is 1. The van der Waals surface area contributed by atoms with Gasteiger partial charge in [-0.25, -0.2) is 0 Å². The standard InChI is InChI=1S/C16H18N2O4/c1-11-4-6-12(7-5-11)18-16(21)14(9-15(19)20)17-10-13-3-2-8-22-13/h2-8,14,17H,9-10H2,1H3,(H,18,21)(H,19,20). The Labute approximate surface area is 128 Å². The average molecular weight is 302 g/mol. The first-order valence-corrected chi connectivity index (χ1v) is 6.89. The summed E-state index contributed by atoms with van der Waals surface area (Å²) in [5, 5.41) is 14.6. The molecule has 1 aromatic heterocycles. The predicted octanol–water partition coefficient (Wildman–Crippen LogP) is 2.16. The van der Waals surface area contributed by atoms with Crippen molar-refractivity contribution in [2.75, 3.05) is 5.32 Å². The zero-order valence-corrected chi connectivity index (χ0v) is 12.2. The molecule has 0 spiro atoms. The van der Waals surface area contributed by atoms with Gasteiger partial charge in [-0.15, -0.1) is 0 Å². The van der Waals surface area contributed by atoms with Gasteiger partial charge in [0.2, 0.25) is 5.91 Å². The van der Waals surface area contributed by atoms with Crippen LogP contribution in [0.25, 0.3) is 0 Å². The van der Waals surface area contributed by atoms with Crippen LogP contribution in [-0.2, 0) is 16.1 Å². The van der Waals surface area contributed by atoms with Crippen molar-refractivity contribution in [1.82, 2.24) is 5.32 Å². The summed E-state index contributed by atoms with van der Waals surface area (Å²) in [7, 11) is 0. The SMILES string of the molecule is Cc1ccc(NC(=O)C(CC(=O)O)NCc2ccco2)cc1. The van der Waals surface area contributed by atoms with Crippen molar-refractivity contribution < 1.29 is 19.1 Å². The highest BCUT2D eigenvalue weighted by Crippen LogP contribution is 2.10. The van der Waals surface area contributed by atoms with Crippen molar-refractivity contribution in [2.24, 2.45) is 0 Å². The molecule has 0 bridgehead atoms. The Balaban J connectivity index is 1.98. The van der Waals surface area contributed by atoms with Crippen LogP contribution in [-0.4, -0.2) is 23.0 Å². The number of carbonyl (C=O) groups is 2. The van der Waals surface area contributed by atoms with Gasteiger partial charge in [-0.05, 0) is 31.2 Å². The highest BCUT2D eigenvalue weighted by atomic mass is 16.4. The zero-order valence-electron chi connectivity index (χ0n) is 12.2. The molecule has 0 aliphatic rings. The number of hydrogen-bond acceptors (Lipinski definition) is 4. The summed E-state index contributed by atoms with van der Waals surface area (Å²) >= 11 is 0. The van der Waals surface area contributed by atoms with Crippen LogP contribution in [0, 0.1) is 6.92 Å². The number of carbonyl (C=O) groups excluding carboxylic acids is 1. The summed E-state index contributed by atoms with van der Waals surface area (Å²) in [6.45, 7) is 2.23. The number of aryl methyl sites for hydroxylation is 1. The topological polar surface area (TPSA) is 91.6 Å². The van der Waals surface area contributed by atoms with Crippen molar-refractivity contribution in [1.29, 1.82) is 0 Å². The van der Waals surface area contributed by atoms with E-state index in [1.807, 2.05) is 19.1 Å². The molecule has 116 valence electrons. The molecular formula is C16H18N2O4. The first-order valence-electron chi connectivity index (χ1n) is 6.89. The number of nitrogens with one attached hydrogen (secondary N) is 2. The minimum atomic E-state index is -1.05. The van der Waals surface area contributed by atoms with Crippen LogP contribution in [0.5, 0.6) is 0 Å². The number of hydrogen-bond donors (Lipinski definition) is 3. The predicted molar refractivity (Wildman–Crippen MR) is 81.4 cm³/mol. The van der Waals surface area contributed by atoms with Gasteiger partial charge in [0.25, 0.3) is 0 Å². The van der Waals surface area contributed by atoms with E-state index in [1.165, 1.54) is 6.26 Å². The van der Waals surface area contributed by atoms with E-state index in [-0.39, 0.29) is 13.0 Å². The smallest absolute Gasteiger partial charge is 0.305 e. The number of furan rings is 1. The summed E-state index contributed by atoms with van der Waals surface area (Å²) in [5.74, 6) is -0.799. The molecule has 0 saturated heterocycles. The normalized spacial score (nSPS) is 11.9. The molecule has 6 heteroatoms. The van der Waals surface area contributed by atoms with E-state index in [4.69, 9.17) is 9.52 Å². The highest BCUT2D eigenvalue weighted by molar-refractivity contribution is 5.96. The first kappa shape index (κ1) is 15.8. The summed E-state index contributed by atoms with van der Waals surface area (Å²) in [6, 6.07) is 9.94. The van der Waals surface area contributed by atoms with Gasteiger partial charge in [-0.2, -0.15) is 0 Å². The van der Waals surface area contributed by atoms with Crippen molar-refractivity contribution >= 4 is 17.6 Å². The minimum Gasteiger partial charge on any atom is -0.481 e. The molecule has 0 saturated carbocycles. The largest absolute Gasteiger partial charge is 0.481 e. The molecule has 1 aromatic carbocycles. The molecular weight excluding hydrogens is 284 g/mol. The molecule has 0 fully saturated rings. The van der Waals surface area contributed by atoms with Crippen LogP contribution in [0.4, 0.5) is 5.69 Å². The van der Waals surface area contributed by atoms with Gasteiger partial charge in [-0.3, -0.25) is 14.9 Å². The Morgan fingerprint density at radius 2 is 1.95 bits per heavy atom. The highest BCUT2D eigenvalue weighted by Gasteiger charge is 2.21. The van der Waals surface area contributed by atoms with Crippen LogP contribution in [0.2, 0.25) is 0 Å². The Hall–Kier alpha value is -2.60. The molecule has 1 heterocycles. The molecule has 1 atom stereocenters. The van der Waals surface area contributed by atoms with Crippen molar-refractivity contribution in [3.63, 3.8) is 0 Å². The molecule has 2 rings (SSSR count). The van der Waals surface area contributed by atoms with Gasteiger partial charge < -0.3 is 14.8 Å². The van der Waals surface area contributed by atoms with Crippen LogP contribution in [0.15, 0.2) is 47.1 Å². The third-order valence-electron chi connectivity index (χ3n) is 3.12. The average Bonchev–Trinajstić information content (AvgIpc) is 2.98. The first-order chi connectivity index (χ1) is 10.5. The van der Waals surface area contributed by atoms with E-state index in [0.29, 0.717) is 11.4 Å². The second kappa shape index (κ2) is 7.42. The van der Waals surface area contributed by atoms with Crippen molar-refractivity contribution in [3.8, 4) is 0 Å². The van der Waals surface area contributed by atoms with Gasteiger partial charge in [0, 0.05) is 5.69 Å². The summed E-state index contributed by atoms with van der Waals surface area (Å²) in [5.41, 5.74) is 1.71. The molecule has 1 amide bonds. The van der Waals surface area contributed by atoms with Gasteiger partial charge in [0.1, 0.15) is 5.76 Å². The lowest BCUT2D eigenvalue weighted by atomic mass is 10.1. The molecule has 0 aliphatic carbocycles. The fourth-order valence-corrected chi connectivity index (χ4v) is 1.94. The number of anilines is 1. The molecule has 3 N–H and O–H groups in total. The lowest BCUT2D eigenvalue weighted by molar-refractivity contribution is -0.139. The Morgan fingerprint density at radius 3 is 2.55 bits per heavy atom. The van der Waals surface area contributed by atoms with Gasteiger partial charge in [0.15, 0.2) is 0 Å². The second-order valence-electron chi connectivity index (χ2n) is 4.97.